The standard InChI is InChI=1S/C17H11ClFN3O5/c18-13-2-1-3-14(19)12(13)8-16(23)26-9-15-20-21-17(27-15)10-4-6-11(7-5-10)22(24)25/h1-7H,8-9H2. The number of non-ortho nitro benzene ring substituents is 1. The van der Waals surface area contributed by atoms with E-state index in [4.69, 9.17) is 20.8 Å². The van der Waals surface area contributed by atoms with Gasteiger partial charge in [-0.15, -0.1) is 10.2 Å². The molecule has 0 radical (unpaired) electrons. The molecular weight excluding hydrogens is 381 g/mol. The minimum atomic E-state index is -0.711. The number of benzene rings is 2. The van der Waals surface area contributed by atoms with E-state index in [9.17, 15) is 19.3 Å². The van der Waals surface area contributed by atoms with E-state index in [1.807, 2.05) is 0 Å². The Morgan fingerprint density at radius 3 is 2.63 bits per heavy atom. The molecule has 0 fully saturated rings. The van der Waals surface area contributed by atoms with E-state index >= 15 is 0 Å². The van der Waals surface area contributed by atoms with Gasteiger partial charge in [0.05, 0.1) is 11.3 Å². The summed E-state index contributed by atoms with van der Waals surface area (Å²) in [6.45, 7) is -0.301. The summed E-state index contributed by atoms with van der Waals surface area (Å²) in [5.74, 6) is -1.17. The van der Waals surface area contributed by atoms with Gasteiger partial charge in [-0.05, 0) is 24.3 Å². The predicted octanol–water partition coefficient (Wildman–Crippen LogP) is 3.72. The summed E-state index contributed by atoms with van der Waals surface area (Å²) in [7, 11) is 0. The van der Waals surface area contributed by atoms with Crippen LogP contribution in [0.15, 0.2) is 46.9 Å². The molecule has 0 amide bonds. The fraction of sp³-hybridized carbons (Fsp3) is 0.118. The van der Waals surface area contributed by atoms with E-state index in [0.29, 0.717) is 5.56 Å². The van der Waals surface area contributed by atoms with Crippen LogP contribution in [-0.2, 0) is 22.6 Å². The highest BCUT2D eigenvalue weighted by molar-refractivity contribution is 6.31. The summed E-state index contributed by atoms with van der Waals surface area (Å²) < 4.78 is 24.0. The molecule has 0 bridgehead atoms. The van der Waals surface area contributed by atoms with Gasteiger partial charge < -0.3 is 9.15 Å². The molecule has 1 heterocycles. The highest BCUT2D eigenvalue weighted by Crippen LogP contribution is 2.22. The minimum Gasteiger partial charge on any atom is -0.455 e. The van der Waals surface area contributed by atoms with Crippen LogP contribution in [0.1, 0.15) is 11.5 Å². The maximum atomic E-state index is 13.7. The van der Waals surface area contributed by atoms with Crippen LogP contribution in [0.3, 0.4) is 0 Å². The van der Waals surface area contributed by atoms with Gasteiger partial charge in [0.1, 0.15) is 5.82 Å². The van der Waals surface area contributed by atoms with Crippen molar-refractivity contribution < 1.29 is 23.3 Å². The first-order valence-electron chi connectivity index (χ1n) is 7.60. The summed E-state index contributed by atoms with van der Waals surface area (Å²) >= 11 is 5.86. The quantitative estimate of drug-likeness (QED) is 0.358. The number of carbonyl (C=O) groups excluding carboxylic acids is 1. The first-order chi connectivity index (χ1) is 12.9. The highest BCUT2D eigenvalue weighted by atomic mass is 35.5. The van der Waals surface area contributed by atoms with Gasteiger partial charge >= 0.3 is 5.97 Å². The number of nitro benzene ring substituents is 1. The molecule has 3 rings (SSSR count). The molecule has 1 aromatic heterocycles. The molecule has 0 aliphatic carbocycles. The zero-order chi connectivity index (χ0) is 19.4. The largest absolute Gasteiger partial charge is 0.455 e. The molecular formula is C17H11ClFN3O5. The molecule has 10 heteroatoms. The molecule has 0 aliphatic rings. The molecule has 8 nitrogen and oxygen atoms in total. The third-order valence-corrected chi connectivity index (χ3v) is 3.89. The summed E-state index contributed by atoms with van der Waals surface area (Å²) in [5, 5.41) is 18.3. The molecule has 0 N–H and O–H groups in total. The Balaban J connectivity index is 1.61. The lowest BCUT2D eigenvalue weighted by atomic mass is 10.1. The van der Waals surface area contributed by atoms with Gasteiger partial charge in [0.2, 0.25) is 5.89 Å². The number of hydrogen-bond donors (Lipinski definition) is 0. The van der Waals surface area contributed by atoms with E-state index in [1.165, 1.54) is 42.5 Å². The normalized spacial score (nSPS) is 10.6. The van der Waals surface area contributed by atoms with Gasteiger partial charge in [-0.2, -0.15) is 0 Å². The first kappa shape index (κ1) is 18.5. The molecule has 0 saturated heterocycles. The van der Waals surface area contributed by atoms with E-state index in [2.05, 4.69) is 10.2 Å². The highest BCUT2D eigenvalue weighted by Gasteiger charge is 2.15. The Bertz CT molecular complexity index is 970. The van der Waals surface area contributed by atoms with Gasteiger partial charge in [-0.1, -0.05) is 17.7 Å². The molecule has 0 saturated carbocycles. The lowest BCUT2D eigenvalue weighted by Gasteiger charge is -2.05. The van der Waals surface area contributed by atoms with Gasteiger partial charge in [0.15, 0.2) is 6.61 Å². The molecule has 0 atom stereocenters. The van der Waals surface area contributed by atoms with Crippen molar-refractivity contribution in [1.82, 2.24) is 10.2 Å². The Kier molecular flexibility index (Phi) is 5.41. The topological polar surface area (TPSA) is 108 Å². The summed E-state index contributed by atoms with van der Waals surface area (Å²) in [5.41, 5.74) is 0.448. The van der Waals surface area contributed by atoms with E-state index in [-0.39, 0.29) is 41.1 Å². The van der Waals surface area contributed by atoms with Crippen LogP contribution in [0.25, 0.3) is 11.5 Å². The number of hydrogen-bond acceptors (Lipinski definition) is 7. The second kappa shape index (κ2) is 7.92. The van der Waals surface area contributed by atoms with Crippen LogP contribution in [0.4, 0.5) is 10.1 Å². The average molecular weight is 392 g/mol. The number of ether oxygens (including phenoxy) is 1. The zero-order valence-corrected chi connectivity index (χ0v) is 14.4. The van der Waals surface area contributed by atoms with Crippen LogP contribution in [0.5, 0.6) is 0 Å². The van der Waals surface area contributed by atoms with Crippen LogP contribution >= 0.6 is 11.6 Å². The number of rotatable bonds is 6. The van der Waals surface area contributed by atoms with Crippen molar-refractivity contribution in [3.63, 3.8) is 0 Å². The number of nitrogens with zero attached hydrogens (tertiary/aromatic N) is 3. The third kappa shape index (κ3) is 4.45. The van der Waals surface area contributed by atoms with Gasteiger partial charge in [0.25, 0.3) is 11.6 Å². The zero-order valence-electron chi connectivity index (χ0n) is 13.6. The van der Waals surface area contributed by atoms with E-state index in [0.717, 1.165) is 0 Å². The Morgan fingerprint density at radius 2 is 1.96 bits per heavy atom. The van der Waals surface area contributed by atoms with Gasteiger partial charge in [0, 0.05) is 28.3 Å². The number of carbonyl (C=O) groups is 1. The molecule has 138 valence electrons. The number of nitro groups is 1. The maximum absolute atomic E-state index is 13.7. The molecule has 0 spiro atoms. The van der Waals surface area contributed by atoms with Crippen molar-refractivity contribution in [1.29, 1.82) is 0 Å². The second-order valence-corrected chi connectivity index (χ2v) is 5.75. The molecule has 2 aromatic carbocycles. The Hall–Kier alpha value is -3.33. The van der Waals surface area contributed by atoms with Gasteiger partial charge in [-0.25, -0.2) is 4.39 Å². The van der Waals surface area contributed by atoms with Crippen molar-refractivity contribution in [2.75, 3.05) is 0 Å². The van der Waals surface area contributed by atoms with Crippen LogP contribution < -0.4 is 0 Å². The average Bonchev–Trinajstić information content (AvgIpc) is 3.12. The van der Waals surface area contributed by atoms with E-state index < -0.39 is 16.7 Å². The minimum absolute atomic E-state index is 0.0244. The van der Waals surface area contributed by atoms with Crippen molar-refractivity contribution in [3.05, 3.63) is 74.9 Å². The van der Waals surface area contributed by atoms with Gasteiger partial charge in [-0.3, -0.25) is 14.9 Å². The molecule has 0 aliphatic heterocycles. The lowest BCUT2D eigenvalue weighted by Crippen LogP contribution is -2.09. The van der Waals surface area contributed by atoms with Crippen molar-refractivity contribution in [2.45, 2.75) is 13.0 Å². The summed E-state index contributed by atoms with van der Waals surface area (Å²) in [4.78, 5) is 22.0. The smallest absolute Gasteiger partial charge is 0.310 e. The second-order valence-electron chi connectivity index (χ2n) is 5.34. The fourth-order valence-electron chi connectivity index (χ4n) is 2.19. The molecule has 0 unspecified atom stereocenters. The number of esters is 1. The van der Waals surface area contributed by atoms with E-state index in [1.54, 1.807) is 0 Å². The van der Waals surface area contributed by atoms with Crippen LogP contribution in [0.2, 0.25) is 5.02 Å². The number of halogens is 2. The SMILES string of the molecule is O=C(Cc1c(F)cccc1Cl)OCc1nnc(-c2ccc([N+](=O)[O-])cc2)o1. The van der Waals surface area contributed by atoms with Crippen molar-refractivity contribution >= 4 is 23.3 Å². The third-order valence-electron chi connectivity index (χ3n) is 3.53. The number of aromatic nitrogens is 2. The molecule has 27 heavy (non-hydrogen) atoms. The lowest BCUT2D eigenvalue weighted by molar-refractivity contribution is -0.384. The van der Waals surface area contributed by atoms with Crippen LogP contribution in [0, 0.1) is 15.9 Å². The fourth-order valence-corrected chi connectivity index (χ4v) is 2.42. The van der Waals surface area contributed by atoms with Crippen molar-refractivity contribution in [3.8, 4) is 11.5 Å². The summed E-state index contributed by atoms with van der Waals surface area (Å²) in [6.07, 6.45) is -0.338. The monoisotopic (exact) mass is 391 g/mol. The predicted molar refractivity (Wildman–Crippen MR) is 91.3 cm³/mol. The molecule has 3 aromatic rings. The Labute approximate surface area is 156 Å². The van der Waals surface area contributed by atoms with Crippen LogP contribution in [-0.4, -0.2) is 21.1 Å². The van der Waals surface area contributed by atoms with Crippen molar-refractivity contribution in [2.24, 2.45) is 0 Å². The maximum Gasteiger partial charge on any atom is 0.310 e. The Morgan fingerprint density at radius 1 is 1.22 bits per heavy atom. The first-order valence-corrected chi connectivity index (χ1v) is 7.97. The summed E-state index contributed by atoms with van der Waals surface area (Å²) in [6, 6.07) is 9.63.